The zero-order chi connectivity index (χ0) is 15.5. The molecule has 3 N–H and O–H groups in total. The van der Waals surface area contributed by atoms with E-state index in [9.17, 15) is 18.3 Å². The molecule has 7 heteroatoms. The van der Waals surface area contributed by atoms with Gasteiger partial charge < -0.3 is 10.4 Å². The van der Waals surface area contributed by atoms with Crippen molar-refractivity contribution in [1.29, 1.82) is 0 Å². The zero-order valence-corrected chi connectivity index (χ0v) is 12.3. The van der Waals surface area contributed by atoms with Crippen LogP contribution in [0.1, 0.15) is 10.4 Å². The Morgan fingerprint density at radius 3 is 2.38 bits per heavy atom. The number of aromatic hydroxyl groups is 1. The van der Waals surface area contributed by atoms with Gasteiger partial charge >= 0.3 is 0 Å². The van der Waals surface area contributed by atoms with Gasteiger partial charge in [-0.25, -0.2) is 13.1 Å². The average Bonchev–Trinajstić information content (AvgIpc) is 2.41. The lowest BCUT2D eigenvalue weighted by molar-refractivity contribution is 0.0952. The summed E-state index contributed by atoms with van der Waals surface area (Å²) in [6.45, 7) is 0.233. The van der Waals surface area contributed by atoms with Crippen molar-refractivity contribution in [2.75, 3.05) is 19.3 Å². The van der Waals surface area contributed by atoms with E-state index in [1.54, 1.807) is 6.07 Å². The first-order valence-electron chi connectivity index (χ1n) is 6.31. The molecule has 112 valence electrons. The second kappa shape index (κ2) is 6.11. The smallest absolute Gasteiger partial charge is 0.255 e. The van der Waals surface area contributed by atoms with Gasteiger partial charge in [-0.1, -0.05) is 24.3 Å². The van der Waals surface area contributed by atoms with Crippen molar-refractivity contribution >= 4 is 26.7 Å². The number of phenolic OH excluding ortho intramolecular Hbond substituents is 1. The van der Waals surface area contributed by atoms with Crippen molar-refractivity contribution in [1.82, 2.24) is 10.0 Å². The fraction of sp³-hybridized carbons (Fsp3) is 0.214. The third-order valence-electron chi connectivity index (χ3n) is 2.88. The number of hydrogen-bond donors (Lipinski definition) is 3. The molecule has 0 spiro atoms. The molecule has 6 nitrogen and oxygen atoms in total. The van der Waals surface area contributed by atoms with Crippen LogP contribution in [0.2, 0.25) is 0 Å². The molecule has 2 aromatic rings. The summed E-state index contributed by atoms with van der Waals surface area (Å²) in [4.78, 5) is 12.0. The third kappa shape index (κ3) is 4.17. The fourth-order valence-electron chi connectivity index (χ4n) is 1.92. The molecule has 0 atom stereocenters. The van der Waals surface area contributed by atoms with Crippen LogP contribution >= 0.6 is 0 Å². The van der Waals surface area contributed by atoms with Gasteiger partial charge in [-0.2, -0.15) is 0 Å². The SMILES string of the molecule is CS(=O)(=O)NCCNC(=O)c1cc2ccccc2cc1O. The minimum absolute atomic E-state index is 0.0961. The van der Waals surface area contributed by atoms with Gasteiger partial charge in [-0.3, -0.25) is 4.79 Å². The number of fused-ring (bicyclic) bond motifs is 1. The first kappa shape index (κ1) is 15.3. The van der Waals surface area contributed by atoms with Gasteiger partial charge in [0.2, 0.25) is 10.0 Å². The van der Waals surface area contributed by atoms with Gasteiger partial charge in [0, 0.05) is 13.1 Å². The van der Waals surface area contributed by atoms with Crippen LogP contribution in [0.5, 0.6) is 5.75 Å². The topological polar surface area (TPSA) is 95.5 Å². The first-order valence-corrected chi connectivity index (χ1v) is 8.20. The van der Waals surface area contributed by atoms with Crippen molar-refractivity contribution in [3.63, 3.8) is 0 Å². The Kier molecular flexibility index (Phi) is 4.44. The molecule has 0 saturated carbocycles. The molecule has 0 unspecified atom stereocenters. The minimum Gasteiger partial charge on any atom is -0.507 e. The van der Waals surface area contributed by atoms with E-state index in [0.29, 0.717) is 0 Å². The van der Waals surface area contributed by atoms with Gasteiger partial charge in [0.05, 0.1) is 11.8 Å². The molecule has 2 rings (SSSR count). The van der Waals surface area contributed by atoms with Crippen molar-refractivity contribution in [3.05, 3.63) is 42.0 Å². The van der Waals surface area contributed by atoms with Crippen molar-refractivity contribution in [2.24, 2.45) is 0 Å². The lowest BCUT2D eigenvalue weighted by Gasteiger charge is -2.08. The van der Waals surface area contributed by atoms with E-state index in [0.717, 1.165) is 17.0 Å². The summed E-state index contributed by atoms with van der Waals surface area (Å²) < 4.78 is 24.0. The molecule has 0 bridgehead atoms. The Balaban J connectivity index is 2.07. The Morgan fingerprint density at radius 1 is 1.14 bits per heavy atom. The summed E-state index contributed by atoms with van der Waals surface area (Å²) in [5.74, 6) is -0.559. The maximum absolute atomic E-state index is 12.0. The third-order valence-corrected chi connectivity index (χ3v) is 3.61. The highest BCUT2D eigenvalue weighted by Crippen LogP contribution is 2.24. The molecule has 0 aliphatic carbocycles. The van der Waals surface area contributed by atoms with Crippen LogP contribution in [0, 0.1) is 0 Å². The second-order valence-electron chi connectivity index (χ2n) is 4.64. The fourth-order valence-corrected chi connectivity index (χ4v) is 2.39. The average molecular weight is 308 g/mol. The van der Waals surface area contributed by atoms with Crippen LogP contribution in [-0.4, -0.2) is 38.8 Å². The Morgan fingerprint density at radius 2 is 1.76 bits per heavy atom. The minimum atomic E-state index is -3.27. The maximum Gasteiger partial charge on any atom is 0.255 e. The summed E-state index contributed by atoms with van der Waals surface area (Å²) >= 11 is 0. The zero-order valence-electron chi connectivity index (χ0n) is 11.5. The summed E-state index contributed by atoms with van der Waals surface area (Å²) in [6, 6.07) is 10.5. The summed E-state index contributed by atoms with van der Waals surface area (Å²) in [6.07, 6.45) is 1.05. The molecule has 2 aromatic carbocycles. The quantitative estimate of drug-likeness (QED) is 0.713. The van der Waals surface area contributed by atoms with Crippen LogP contribution in [0.25, 0.3) is 10.8 Å². The van der Waals surface area contributed by atoms with Crippen LogP contribution in [0.15, 0.2) is 36.4 Å². The highest BCUT2D eigenvalue weighted by atomic mass is 32.2. The number of sulfonamides is 1. The van der Waals surface area contributed by atoms with Crippen molar-refractivity contribution < 1.29 is 18.3 Å². The highest BCUT2D eigenvalue weighted by Gasteiger charge is 2.12. The van der Waals surface area contributed by atoms with Crippen molar-refractivity contribution in [2.45, 2.75) is 0 Å². The molecule has 0 aromatic heterocycles. The molecular weight excluding hydrogens is 292 g/mol. The number of rotatable bonds is 5. The van der Waals surface area contributed by atoms with E-state index in [-0.39, 0.29) is 24.4 Å². The Bertz CT molecular complexity index is 772. The van der Waals surface area contributed by atoms with Gasteiger partial charge in [0.25, 0.3) is 5.91 Å². The van der Waals surface area contributed by atoms with E-state index in [4.69, 9.17) is 0 Å². The summed E-state index contributed by atoms with van der Waals surface area (Å²) in [5, 5.41) is 14.1. The first-order chi connectivity index (χ1) is 9.87. The van der Waals surface area contributed by atoms with Crippen LogP contribution < -0.4 is 10.0 Å². The normalized spacial score (nSPS) is 11.5. The maximum atomic E-state index is 12.0. The molecule has 0 radical (unpaired) electrons. The number of nitrogens with one attached hydrogen (secondary N) is 2. The molecule has 21 heavy (non-hydrogen) atoms. The molecule has 0 aliphatic heterocycles. The largest absolute Gasteiger partial charge is 0.507 e. The number of carbonyl (C=O) groups is 1. The van der Waals surface area contributed by atoms with E-state index in [1.807, 2.05) is 24.3 Å². The number of phenols is 1. The summed E-state index contributed by atoms with van der Waals surface area (Å²) in [7, 11) is -3.27. The molecule has 1 amide bonds. The lowest BCUT2D eigenvalue weighted by atomic mass is 10.1. The molecule has 0 aliphatic rings. The molecule has 0 heterocycles. The van der Waals surface area contributed by atoms with E-state index < -0.39 is 15.9 Å². The number of amides is 1. The predicted molar refractivity (Wildman–Crippen MR) is 80.8 cm³/mol. The monoisotopic (exact) mass is 308 g/mol. The Labute approximate surface area is 122 Å². The van der Waals surface area contributed by atoms with Crippen LogP contribution in [0.3, 0.4) is 0 Å². The second-order valence-corrected chi connectivity index (χ2v) is 6.47. The molecular formula is C14H16N2O4S. The van der Waals surface area contributed by atoms with Gasteiger partial charge in [-0.05, 0) is 22.9 Å². The molecule has 0 saturated heterocycles. The lowest BCUT2D eigenvalue weighted by Crippen LogP contribution is -2.34. The highest BCUT2D eigenvalue weighted by molar-refractivity contribution is 7.88. The van der Waals surface area contributed by atoms with E-state index >= 15 is 0 Å². The van der Waals surface area contributed by atoms with Gasteiger partial charge in [-0.15, -0.1) is 0 Å². The van der Waals surface area contributed by atoms with E-state index in [1.165, 1.54) is 6.07 Å². The number of benzene rings is 2. The Hall–Kier alpha value is -2.12. The van der Waals surface area contributed by atoms with Crippen LogP contribution in [0.4, 0.5) is 0 Å². The molecule has 0 fully saturated rings. The van der Waals surface area contributed by atoms with E-state index in [2.05, 4.69) is 10.0 Å². The van der Waals surface area contributed by atoms with Crippen molar-refractivity contribution in [3.8, 4) is 5.75 Å². The standard InChI is InChI=1S/C14H16N2O4S/c1-21(19,20)16-7-6-15-14(18)12-8-10-4-2-3-5-11(10)9-13(12)17/h2-5,8-9,16-17H,6-7H2,1H3,(H,15,18). The van der Waals surface area contributed by atoms with Gasteiger partial charge in [0.1, 0.15) is 5.75 Å². The predicted octanol–water partition coefficient (Wildman–Crippen LogP) is 0.824. The van der Waals surface area contributed by atoms with Crippen LogP contribution in [-0.2, 0) is 10.0 Å². The number of carbonyl (C=O) groups excluding carboxylic acids is 1. The summed E-state index contributed by atoms with van der Waals surface area (Å²) in [5.41, 5.74) is 0.160. The number of hydrogen-bond acceptors (Lipinski definition) is 4. The van der Waals surface area contributed by atoms with Gasteiger partial charge in [0.15, 0.2) is 0 Å².